The Bertz CT molecular complexity index is 897. The average molecular weight is 340 g/mol. The van der Waals surface area contributed by atoms with E-state index in [-0.39, 0.29) is 5.91 Å². The number of anilines is 1. The summed E-state index contributed by atoms with van der Waals surface area (Å²) >= 11 is 6.16. The minimum Gasteiger partial charge on any atom is -0.320 e. The van der Waals surface area contributed by atoms with Crippen molar-refractivity contribution >= 4 is 23.5 Å². The molecule has 0 atom stereocenters. The van der Waals surface area contributed by atoms with Gasteiger partial charge in [0, 0.05) is 18.8 Å². The van der Waals surface area contributed by atoms with E-state index in [0.29, 0.717) is 16.5 Å². The number of imidazole rings is 1. The first-order chi connectivity index (χ1) is 11.4. The first-order valence-electron chi connectivity index (χ1n) is 7.62. The van der Waals surface area contributed by atoms with Crippen molar-refractivity contribution in [2.45, 2.75) is 13.8 Å². The van der Waals surface area contributed by atoms with Gasteiger partial charge in [0.15, 0.2) is 0 Å². The highest BCUT2D eigenvalue weighted by Crippen LogP contribution is 2.22. The molecule has 3 aromatic rings. The molecule has 1 heterocycles. The van der Waals surface area contributed by atoms with Crippen molar-refractivity contribution in [2.75, 3.05) is 5.32 Å². The van der Waals surface area contributed by atoms with Gasteiger partial charge in [-0.2, -0.15) is 0 Å². The zero-order valence-corrected chi connectivity index (χ0v) is 14.6. The van der Waals surface area contributed by atoms with Crippen LogP contribution in [0.1, 0.15) is 21.5 Å². The molecule has 0 aliphatic carbocycles. The van der Waals surface area contributed by atoms with E-state index in [2.05, 4.69) is 10.3 Å². The number of amides is 1. The third-order valence-corrected chi connectivity index (χ3v) is 4.13. The zero-order valence-electron chi connectivity index (χ0n) is 13.8. The fraction of sp³-hybridized carbons (Fsp3) is 0.158. The molecule has 3 rings (SSSR count). The molecule has 0 fully saturated rings. The topological polar surface area (TPSA) is 46.9 Å². The van der Waals surface area contributed by atoms with E-state index in [1.54, 1.807) is 16.7 Å². The number of nitrogens with one attached hydrogen (secondary N) is 1. The highest BCUT2D eigenvalue weighted by atomic mass is 35.5. The SMILES string of the molecule is Cc1ccc(-c2cn(C)c(NC(=O)c3ccc(C)cc3Cl)n2)cc1. The van der Waals surface area contributed by atoms with Gasteiger partial charge in [-0.3, -0.25) is 10.1 Å². The second-order valence-electron chi connectivity index (χ2n) is 5.86. The molecule has 122 valence electrons. The van der Waals surface area contributed by atoms with Gasteiger partial charge in [0.05, 0.1) is 16.3 Å². The maximum Gasteiger partial charge on any atom is 0.259 e. The Morgan fingerprint density at radius 3 is 2.42 bits per heavy atom. The van der Waals surface area contributed by atoms with E-state index in [1.165, 1.54) is 5.56 Å². The van der Waals surface area contributed by atoms with Crippen molar-refractivity contribution in [3.05, 3.63) is 70.4 Å². The average Bonchev–Trinajstić information content (AvgIpc) is 2.88. The zero-order chi connectivity index (χ0) is 17.3. The van der Waals surface area contributed by atoms with Crippen LogP contribution in [-0.4, -0.2) is 15.5 Å². The van der Waals surface area contributed by atoms with Crippen molar-refractivity contribution in [3.63, 3.8) is 0 Å². The molecule has 0 bridgehead atoms. The Morgan fingerprint density at radius 1 is 1.08 bits per heavy atom. The Hall–Kier alpha value is -2.59. The second-order valence-corrected chi connectivity index (χ2v) is 6.27. The second kappa shape index (κ2) is 6.49. The monoisotopic (exact) mass is 339 g/mol. The molecule has 2 aromatic carbocycles. The number of hydrogen-bond acceptors (Lipinski definition) is 2. The van der Waals surface area contributed by atoms with Gasteiger partial charge in [0.2, 0.25) is 5.95 Å². The minimum absolute atomic E-state index is 0.274. The van der Waals surface area contributed by atoms with Gasteiger partial charge >= 0.3 is 0 Å². The van der Waals surface area contributed by atoms with Gasteiger partial charge < -0.3 is 4.57 Å². The molecule has 0 saturated heterocycles. The lowest BCUT2D eigenvalue weighted by atomic mass is 10.1. The first-order valence-corrected chi connectivity index (χ1v) is 8.00. The molecule has 0 aliphatic heterocycles. The van der Waals surface area contributed by atoms with Gasteiger partial charge in [-0.15, -0.1) is 0 Å². The van der Waals surface area contributed by atoms with E-state index in [1.807, 2.05) is 57.4 Å². The minimum atomic E-state index is -0.274. The standard InChI is InChI=1S/C19H18ClN3O/c1-12-4-7-14(8-5-12)17-11-23(3)19(21-17)22-18(24)15-9-6-13(2)10-16(15)20/h4-11H,1-3H3,(H,21,22,24). The lowest BCUT2D eigenvalue weighted by Crippen LogP contribution is -2.15. The van der Waals surface area contributed by atoms with Crippen LogP contribution in [-0.2, 0) is 7.05 Å². The van der Waals surface area contributed by atoms with Crippen LogP contribution >= 0.6 is 11.6 Å². The summed E-state index contributed by atoms with van der Waals surface area (Å²) in [7, 11) is 1.84. The van der Waals surface area contributed by atoms with Crippen molar-refractivity contribution in [1.82, 2.24) is 9.55 Å². The number of halogens is 1. The van der Waals surface area contributed by atoms with E-state index < -0.39 is 0 Å². The maximum absolute atomic E-state index is 12.4. The van der Waals surface area contributed by atoms with E-state index in [9.17, 15) is 4.79 Å². The summed E-state index contributed by atoms with van der Waals surface area (Å²) in [5.41, 5.74) is 4.45. The summed E-state index contributed by atoms with van der Waals surface area (Å²) < 4.78 is 1.79. The summed E-state index contributed by atoms with van der Waals surface area (Å²) in [6.45, 7) is 3.97. The van der Waals surface area contributed by atoms with Crippen LogP contribution in [0.2, 0.25) is 5.02 Å². The van der Waals surface area contributed by atoms with E-state index >= 15 is 0 Å². The van der Waals surface area contributed by atoms with Crippen LogP contribution < -0.4 is 5.32 Å². The third kappa shape index (κ3) is 3.34. The summed E-state index contributed by atoms with van der Waals surface area (Å²) in [4.78, 5) is 17.0. The van der Waals surface area contributed by atoms with Gasteiger partial charge in [-0.1, -0.05) is 47.5 Å². The number of carbonyl (C=O) groups is 1. The number of aryl methyl sites for hydroxylation is 3. The molecule has 0 aliphatic rings. The fourth-order valence-corrected chi connectivity index (χ4v) is 2.74. The van der Waals surface area contributed by atoms with E-state index in [4.69, 9.17) is 11.6 Å². The number of carbonyl (C=O) groups excluding carboxylic acids is 1. The van der Waals surface area contributed by atoms with Crippen LogP contribution in [0, 0.1) is 13.8 Å². The summed E-state index contributed by atoms with van der Waals surface area (Å²) in [5, 5.41) is 3.25. The Kier molecular flexibility index (Phi) is 4.40. The molecule has 5 heteroatoms. The number of rotatable bonds is 3. The number of aromatic nitrogens is 2. The largest absolute Gasteiger partial charge is 0.320 e. The van der Waals surface area contributed by atoms with Gasteiger partial charge in [0.1, 0.15) is 0 Å². The van der Waals surface area contributed by atoms with E-state index in [0.717, 1.165) is 16.8 Å². The quantitative estimate of drug-likeness (QED) is 0.757. The highest BCUT2D eigenvalue weighted by molar-refractivity contribution is 6.34. The molecule has 0 unspecified atom stereocenters. The Balaban J connectivity index is 1.85. The van der Waals surface area contributed by atoms with Crippen molar-refractivity contribution in [3.8, 4) is 11.3 Å². The molecule has 4 nitrogen and oxygen atoms in total. The lowest BCUT2D eigenvalue weighted by molar-refractivity contribution is 0.102. The molecular formula is C19H18ClN3O. The first kappa shape index (κ1) is 16.3. The fourth-order valence-electron chi connectivity index (χ4n) is 2.42. The molecule has 0 spiro atoms. The number of nitrogens with zero attached hydrogens (tertiary/aromatic N) is 2. The predicted molar refractivity (Wildman–Crippen MR) is 97.5 cm³/mol. The van der Waals surface area contributed by atoms with Crippen LogP contribution in [0.25, 0.3) is 11.3 Å². The van der Waals surface area contributed by atoms with Gasteiger partial charge in [-0.05, 0) is 31.5 Å². The third-order valence-electron chi connectivity index (χ3n) is 3.82. The maximum atomic E-state index is 12.4. The summed E-state index contributed by atoms with van der Waals surface area (Å²) in [5.74, 6) is 0.205. The van der Waals surface area contributed by atoms with Crippen molar-refractivity contribution < 1.29 is 4.79 Å². The summed E-state index contributed by atoms with van der Waals surface area (Å²) in [6, 6.07) is 13.4. The Morgan fingerprint density at radius 2 is 1.75 bits per heavy atom. The number of benzene rings is 2. The highest BCUT2D eigenvalue weighted by Gasteiger charge is 2.14. The lowest BCUT2D eigenvalue weighted by Gasteiger charge is -2.06. The molecule has 0 saturated carbocycles. The molecule has 0 radical (unpaired) electrons. The Labute approximate surface area is 146 Å². The van der Waals surface area contributed by atoms with Crippen LogP contribution in [0.15, 0.2) is 48.7 Å². The molecular weight excluding hydrogens is 322 g/mol. The molecule has 1 amide bonds. The smallest absolute Gasteiger partial charge is 0.259 e. The molecule has 24 heavy (non-hydrogen) atoms. The van der Waals surface area contributed by atoms with Gasteiger partial charge in [0.25, 0.3) is 5.91 Å². The normalized spacial score (nSPS) is 10.7. The van der Waals surface area contributed by atoms with Crippen molar-refractivity contribution in [1.29, 1.82) is 0 Å². The molecule has 1 N–H and O–H groups in total. The molecule has 1 aromatic heterocycles. The summed E-state index contributed by atoms with van der Waals surface area (Å²) in [6.07, 6.45) is 1.89. The van der Waals surface area contributed by atoms with Gasteiger partial charge in [-0.25, -0.2) is 4.98 Å². The van der Waals surface area contributed by atoms with Crippen LogP contribution in [0.4, 0.5) is 5.95 Å². The van der Waals surface area contributed by atoms with Crippen molar-refractivity contribution in [2.24, 2.45) is 7.05 Å². The predicted octanol–water partition coefficient (Wildman–Crippen LogP) is 4.61. The van der Waals surface area contributed by atoms with Crippen LogP contribution in [0.3, 0.4) is 0 Å². The number of hydrogen-bond donors (Lipinski definition) is 1. The van der Waals surface area contributed by atoms with Crippen LogP contribution in [0.5, 0.6) is 0 Å².